The first-order valence-corrected chi connectivity index (χ1v) is 25.4. The summed E-state index contributed by atoms with van der Waals surface area (Å²) in [7, 11) is -2.93. The molecule has 4 aromatic carbocycles. The predicted octanol–water partition coefficient (Wildman–Crippen LogP) is 11.1. The Kier molecular flexibility index (Phi) is 14.1. The van der Waals surface area contributed by atoms with Crippen LogP contribution in [0.1, 0.15) is 74.7 Å². The van der Waals surface area contributed by atoms with Crippen LogP contribution in [0, 0.1) is 21.4 Å². The maximum Gasteiger partial charge on any atom is 0.312 e. The van der Waals surface area contributed by atoms with Gasteiger partial charge in [0, 0.05) is 84.9 Å². The first-order chi connectivity index (χ1) is 33.2. The molecular weight excluding hydrogens is 916 g/mol. The van der Waals surface area contributed by atoms with Crippen LogP contribution in [0.5, 0.6) is 17.2 Å². The molecule has 1 amide bonds. The molecule has 0 unspecified atom stereocenters. The second-order valence-corrected chi connectivity index (χ2v) is 21.2. The Morgan fingerprint density at radius 2 is 1.70 bits per heavy atom. The molecule has 69 heavy (non-hydrogen) atoms. The second kappa shape index (κ2) is 20.4. The van der Waals surface area contributed by atoms with E-state index in [9.17, 15) is 23.3 Å². The summed E-state index contributed by atoms with van der Waals surface area (Å²) >= 11 is 6.28. The quantitative estimate of drug-likeness (QED) is 0.0742. The van der Waals surface area contributed by atoms with Gasteiger partial charge in [-0.15, -0.1) is 0 Å². The number of nitro groups is 1. The maximum absolute atomic E-state index is 14.4. The highest BCUT2D eigenvalue weighted by molar-refractivity contribution is 7.90. The van der Waals surface area contributed by atoms with E-state index in [1.165, 1.54) is 28.8 Å². The van der Waals surface area contributed by atoms with E-state index in [1.54, 1.807) is 31.6 Å². The van der Waals surface area contributed by atoms with Crippen molar-refractivity contribution in [2.45, 2.75) is 69.8 Å². The molecule has 2 fully saturated rings. The minimum atomic E-state index is -4.62. The average Bonchev–Trinajstić information content (AvgIpc) is 3.82. The minimum absolute atomic E-state index is 0.0434. The maximum atomic E-state index is 14.4. The standard InChI is InChI=1S/C53H57ClN6O8S/c1-53(2)22-20-38(47(31-53)36-10-12-39(54)13-11-36)33-58-24-26-59(27-25-58)40-14-18-45(46(29-40)44-6-4-5-7-49(44)68-42-28-37-21-23-55-51(37)56-32-42)52(61)57-69(64,65)43-17-19-50(48(30-43)60(62)63)67-34-35-8-15-41(66-3)16-9-35/h4-7,10-14,17-19,21,23,28-30,32,35,41H,8-9,15-16,20,22,24-27,31,33-34H2,1-3H3,(H,55,56)(H,57,61). The number of rotatable bonds is 15. The molecule has 1 aliphatic heterocycles. The van der Waals surface area contributed by atoms with Crippen molar-refractivity contribution < 1.29 is 32.3 Å². The number of halogens is 1. The number of carbonyl (C=O) groups is 1. The number of H-pyrrole nitrogens is 1. The van der Waals surface area contributed by atoms with Gasteiger partial charge in [-0.05, 0) is 128 Å². The third-order valence-corrected chi connectivity index (χ3v) is 15.4. The summed E-state index contributed by atoms with van der Waals surface area (Å²) in [6.07, 6.45) is 10.2. The number of aromatic amines is 1. The number of sulfonamides is 1. The van der Waals surface area contributed by atoms with Crippen molar-refractivity contribution in [3.8, 4) is 28.4 Å². The van der Waals surface area contributed by atoms with Crippen molar-refractivity contribution in [1.82, 2.24) is 19.6 Å². The number of methoxy groups -OCH3 is 1. The molecule has 0 atom stereocenters. The van der Waals surface area contributed by atoms with E-state index < -0.39 is 31.4 Å². The lowest BCUT2D eigenvalue weighted by Crippen LogP contribution is -2.47. The zero-order valence-electron chi connectivity index (χ0n) is 39.1. The number of nitrogens with one attached hydrogen (secondary N) is 2. The largest absolute Gasteiger partial charge is 0.487 e. The van der Waals surface area contributed by atoms with E-state index in [0.717, 1.165) is 99.8 Å². The Labute approximate surface area is 407 Å². The predicted molar refractivity (Wildman–Crippen MR) is 269 cm³/mol. The van der Waals surface area contributed by atoms with Gasteiger partial charge in [-0.25, -0.2) is 18.1 Å². The first-order valence-electron chi connectivity index (χ1n) is 23.5. The van der Waals surface area contributed by atoms with E-state index in [-0.39, 0.29) is 35.4 Å². The van der Waals surface area contributed by atoms with E-state index in [0.29, 0.717) is 28.3 Å². The van der Waals surface area contributed by atoms with Crippen LogP contribution in [0.3, 0.4) is 0 Å². The Balaban J connectivity index is 0.976. The van der Waals surface area contributed by atoms with Crippen LogP contribution in [-0.2, 0) is 14.8 Å². The molecule has 14 nitrogen and oxygen atoms in total. The topological polar surface area (TPSA) is 169 Å². The number of amides is 1. The van der Waals surface area contributed by atoms with Gasteiger partial charge < -0.3 is 24.1 Å². The fourth-order valence-corrected chi connectivity index (χ4v) is 10.9. The lowest BCUT2D eigenvalue weighted by molar-refractivity contribution is -0.386. The summed E-state index contributed by atoms with van der Waals surface area (Å²) in [5, 5.41) is 13.8. The van der Waals surface area contributed by atoms with Gasteiger partial charge in [0.25, 0.3) is 15.9 Å². The number of para-hydroxylation sites is 1. The third kappa shape index (κ3) is 11.1. The van der Waals surface area contributed by atoms with Crippen molar-refractivity contribution >= 4 is 55.5 Å². The molecule has 6 aromatic rings. The number of nitro benzene ring substituents is 1. The van der Waals surface area contributed by atoms with E-state index >= 15 is 0 Å². The highest BCUT2D eigenvalue weighted by Gasteiger charge is 2.31. The Morgan fingerprint density at radius 3 is 2.45 bits per heavy atom. The van der Waals surface area contributed by atoms with Gasteiger partial charge in [-0.3, -0.25) is 19.8 Å². The van der Waals surface area contributed by atoms with Gasteiger partial charge in [0.15, 0.2) is 5.75 Å². The van der Waals surface area contributed by atoms with Crippen LogP contribution in [0.25, 0.3) is 27.7 Å². The monoisotopic (exact) mass is 972 g/mol. The number of allylic oxidation sites excluding steroid dienone is 1. The number of hydrogen-bond acceptors (Lipinski definition) is 11. The highest BCUT2D eigenvalue weighted by Crippen LogP contribution is 2.44. The fourth-order valence-electron chi connectivity index (χ4n) is 9.84. The van der Waals surface area contributed by atoms with Crippen LogP contribution < -0.4 is 19.1 Å². The molecule has 2 N–H and O–H groups in total. The summed E-state index contributed by atoms with van der Waals surface area (Å²) in [4.78, 5) is 37.9. The zero-order chi connectivity index (χ0) is 48.3. The smallest absolute Gasteiger partial charge is 0.312 e. The van der Waals surface area contributed by atoms with Crippen LogP contribution >= 0.6 is 11.6 Å². The highest BCUT2D eigenvalue weighted by atomic mass is 35.5. The third-order valence-electron chi connectivity index (χ3n) is 13.8. The number of ether oxygens (including phenoxy) is 3. The van der Waals surface area contributed by atoms with Crippen molar-refractivity contribution in [3.05, 3.63) is 141 Å². The van der Waals surface area contributed by atoms with E-state index in [2.05, 4.69) is 50.5 Å². The van der Waals surface area contributed by atoms with Gasteiger partial charge >= 0.3 is 5.69 Å². The molecule has 3 aliphatic rings. The molecule has 0 spiro atoms. The Morgan fingerprint density at radius 1 is 0.928 bits per heavy atom. The molecule has 2 aliphatic carbocycles. The molecule has 0 radical (unpaired) electrons. The molecule has 1 saturated carbocycles. The lowest BCUT2D eigenvalue weighted by atomic mass is 9.72. The van der Waals surface area contributed by atoms with Gasteiger partial charge in [0.1, 0.15) is 17.1 Å². The molecule has 1 saturated heterocycles. The van der Waals surface area contributed by atoms with Gasteiger partial charge in [-0.1, -0.05) is 61.4 Å². The number of anilines is 1. The average molecular weight is 974 g/mol. The van der Waals surface area contributed by atoms with E-state index in [4.69, 9.17) is 25.8 Å². The number of carbonyl (C=O) groups excluding carboxylic acids is 1. The summed E-state index contributed by atoms with van der Waals surface area (Å²) in [6.45, 7) is 8.88. The molecule has 16 heteroatoms. The Bertz CT molecular complexity index is 2990. The lowest BCUT2D eigenvalue weighted by Gasteiger charge is -2.39. The molecule has 2 aromatic heterocycles. The van der Waals surface area contributed by atoms with Crippen LogP contribution in [-0.4, -0.2) is 86.7 Å². The Hall–Kier alpha value is -6.26. The zero-order valence-corrected chi connectivity index (χ0v) is 40.7. The number of benzene rings is 4. The van der Waals surface area contributed by atoms with E-state index in [1.807, 2.05) is 54.6 Å². The molecular formula is C53H57ClN6O8S. The van der Waals surface area contributed by atoms with Crippen molar-refractivity contribution in [3.63, 3.8) is 0 Å². The SMILES string of the molecule is COC1CCC(COc2ccc(S(=O)(=O)NC(=O)c3ccc(N4CCN(CC5=C(c6ccc(Cl)cc6)CC(C)(C)CC5)CC4)cc3-c3ccccc3Oc3cnc4[nH]ccc4c3)cc2[N+](=O)[O-])CC1. The van der Waals surface area contributed by atoms with Crippen molar-refractivity contribution in [1.29, 1.82) is 0 Å². The van der Waals surface area contributed by atoms with Crippen molar-refractivity contribution in [2.75, 3.05) is 51.3 Å². The van der Waals surface area contributed by atoms with Gasteiger partial charge in [0.05, 0.1) is 28.7 Å². The number of fused-ring (bicyclic) bond motifs is 1. The number of piperazine rings is 1. The number of pyridine rings is 1. The summed E-state index contributed by atoms with van der Waals surface area (Å²) in [6, 6.07) is 28.0. The fraction of sp³-hybridized carbons (Fsp3) is 0.358. The van der Waals surface area contributed by atoms with Crippen LogP contribution in [0.2, 0.25) is 5.02 Å². The molecule has 360 valence electrons. The minimum Gasteiger partial charge on any atom is -0.487 e. The summed E-state index contributed by atoms with van der Waals surface area (Å²) < 4.78 is 48.0. The van der Waals surface area contributed by atoms with Crippen LogP contribution in [0.15, 0.2) is 120 Å². The van der Waals surface area contributed by atoms with Gasteiger partial charge in [0.2, 0.25) is 0 Å². The first kappa shape index (κ1) is 47.8. The molecule has 9 rings (SSSR count). The van der Waals surface area contributed by atoms with Gasteiger partial charge in [-0.2, -0.15) is 0 Å². The summed E-state index contributed by atoms with van der Waals surface area (Å²) in [5.74, 6) is 0.121. The molecule has 3 heterocycles. The van der Waals surface area contributed by atoms with Crippen molar-refractivity contribution in [2.24, 2.45) is 11.3 Å². The number of aromatic nitrogens is 2. The number of nitrogens with zero attached hydrogens (tertiary/aromatic N) is 4. The normalized spacial score (nSPS) is 18.8. The molecule has 0 bridgehead atoms. The van der Waals surface area contributed by atoms with Crippen LogP contribution in [0.4, 0.5) is 11.4 Å². The number of hydrogen-bond donors (Lipinski definition) is 2. The summed E-state index contributed by atoms with van der Waals surface area (Å²) in [5.41, 5.74) is 6.41. The second-order valence-electron chi connectivity index (χ2n) is 19.1.